The Labute approximate surface area is 120 Å². The Bertz CT molecular complexity index is 446. The Morgan fingerprint density at radius 3 is 2.75 bits per heavy atom. The molecule has 0 aliphatic carbocycles. The molecule has 1 fully saturated rings. The summed E-state index contributed by atoms with van der Waals surface area (Å²) < 4.78 is 24.8. The molecule has 0 bridgehead atoms. The highest BCUT2D eigenvalue weighted by Gasteiger charge is 2.31. The van der Waals surface area contributed by atoms with Crippen molar-refractivity contribution in [3.8, 4) is 5.75 Å². The van der Waals surface area contributed by atoms with Crippen molar-refractivity contribution in [3.05, 3.63) is 29.6 Å². The molecule has 1 aliphatic rings. The standard InChI is InChI=1S/C16H24FNO2/c1-4-16(5-2)10-18-9-15(20-11-16)12-6-7-14(19-3)13(17)8-12/h6-8,15,18H,4-5,9-11H2,1-3H3. The minimum Gasteiger partial charge on any atom is -0.494 e. The fourth-order valence-corrected chi connectivity index (χ4v) is 2.66. The summed E-state index contributed by atoms with van der Waals surface area (Å²) in [5, 5.41) is 3.46. The molecule has 1 aromatic rings. The van der Waals surface area contributed by atoms with E-state index in [1.165, 1.54) is 13.2 Å². The molecule has 1 saturated heterocycles. The van der Waals surface area contributed by atoms with Crippen molar-refractivity contribution in [2.24, 2.45) is 5.41 Å². The van der Waals surface area contributed by atoms with E-state index in [0.29, 0.717) is 13.2 Å². The van der Waals surface area contributed by atoms with Crippen LogP contribution in [0.5, 0.6) is 5.75 Å². The lowest BCUT2D eigenvalue weighted by atomic mass is 9.83. The van der Waals surface area contributed by atoms with Gasteiger partial charge in [-0.3, -0.25) is 0 Å². The van der Waals surface area contributed by atoms with Gasteiger partial charge >= 0.3 is 0 Å². The smallest absolute Gasteiger partial charge is 0.165 e. The van der Waals surface area contributed by atoms with Crippen LogP contribution in [-0.2, 0) is 4.74 Å². The number of hydrogen-bond acceptors (Lipinski definition) is 3. The third-order valence-corrected chi connectivity index (χ3v) is 4.47. The lowest BCUT2D eigenvalue weighted by Gasteiger charge is -2.29. The van der Waals surface area contributed by atoms with Crippen LogP contribution in [0.1, 0.15) is 38.4 Å². The zero-order valence-corrected chi connectivity index (χ0v) is 12.5. The van der Waals surface area contributed by atoms with Crippen LogP contribution in [0.15, 0.2) is 18.2 Å². The van der Waals surface area contributed by atoms with Crippen LogP contribution in [0.25, 0.3) is 0 Å². The molecule has 112 valence electrons. The van der Waals surface area contributed by atoms with Gasteiger partial charge < -0.3 is 14.8 Å². The predicted molar refractivity (Wildman–Crippen MR) is 77.5 cm³/mol. The van der Waals surface area contributed by atoms with Gasteiger partial charge in [-0.1, -0.05) is 19.9 Å². The predicted octanol–water partition coefficient (Wildman–Crippen LogP) is 3.30. The Morgan fingerprint density at radius 2 is 2.15 bits per heavy atom. The molecule has 1 aromatic carbocycles. The van der Waals surface area contributed by atoms with E-state index in [1.54, 1.807) is 6.07 Å². The summed E-state index contributed by atoms with van der Waals surface area (Å²) in [7, 11) is 1.47. The first kappa shape index (κ1) is 15.3. The number of nitrogens with one attached hydrogen (secondary N) is 1. The van der Waals surface area contributed by atoms with Crippen molar-refractivity contribution < 1.29 is 13.9 Å². The number of hydrogen-bond donors (Lipinski definition) is 1. The zero-order chi connectivity index (χ0) is 14.6. The Hall–Kier alpha value is -1.13. The van der Waals surface area contributed by atoms with Gasteiger partial charge in [0.25, 0.3) is 0 Å². The first-order valence-electron chi connectivity index (χ1n) is 7.30. The average molecular weight is 281 g/mol. The largest absolute Gasteiger partial charge is 0.494 e. The second-order valence-corrected chi connectivity index (χ2v) is 5.53. The maximum absolute atomic E-state index is 13.8. The van der Waals surface area contributed by atoms with Gasteiger partial charge in [-0.05, 0) is 30.5 Å². The molecule has 1 atom stereocenters. The summed E-state index contributed by atoms with van der Waals surface area (Å²) in [5.41, 5.74) is 1.05. The lowest BCUT2D eigenvalue weighted by Crippen LogP contribution is -2.34. The first-order chi connectivity index (χ1) is 9.64. The Kier molecular flexibility index (Phi) is 5.00. The molecule has 1 aliphatic heterocycles. The molecule has 4 heteroatoms. The summed E-state index contributed by atoms with van der Waals surface area (Å²) in [6, 6.07) is 5.04. The maximum atomic E-state index is 13.8. The highest BCUT2D eigenvalue weighted by molar-refractivity contribution is 5.30. The van der Waals surface area contributed by atoms with Gasteiger partial charge in [-0.15, -0.1) is 0 Å². The zero-order valence-electron chi connectivity index (χ0n) is 12.5. The third-order valence-electron chi connectivity index (χ3n) is 4.47. The average Bonchev–Trinajstić information content (AvgIpc) is 2.70. The van der Waals surface area contributed by atoms with E-state index < -0.39 is 0 Å². The van der Waals surface area contributed by atoms with Crippen LogP contribution >= 0.6 is 0 Å². The van der Waals surface area contributed by atoms with Crippen molar-refractivity contribution in [1.82, 2.24) is 5.32 Å². The minimum absolute atomic E-state index is 0.101. The van der Waals surface area contributed by atoms with Gasteiger partial charge in [0.15, 0.2) is 11.6 Å². The van der Waals surface area contributed by atoms with Crippen molar-refractivity contribution in [3.63, 3.8) is 0 Å². The van der Waals surface area contributed by atoms with Crippen LogP contribution in [0.4, 0.5) is 4.39 Å². The molecule has 1 heterocycles. The van der Waals surface area contributed by atoms with E-state index in [1.807, 2.05) is 6.07 Å². The van der Waals surface area contributed by atoms with Gasteiger partial charge in [-0.25, -0.2) is 4.39 Å². The molecule has 0 spiro atoms. The molecule has 0 amide bonds. The number of ether oxygens (including phenoxy) is 2. The fourth-order valence-electron chi connectivity index (χ4n) is 2.66. The second kappa shape index (κ2) is 6.55. The molecule has 1 unspecified atom stereocenters. The van der Waals surface area contributed by atoms with E-state index in [0.717, 1.165) is 24.9 Å². The third kappa shape index (κ3) is 3.13. The fraction of sp³-hybridized carbons (Fsp3) is 0.625. The van der Waals surface area contributed by atoms with Gasteiger partial charge in [0, 0.05) is 18.5 Å². The molecule has 1 N–H and O–H groups in total. The van der Waals surface area contributed by atoms with Crippen LogP contribution in [-0.4, -0.2) is 26.8 Å². The Balaban J connectivity index is 2.12. The van der Waals surface area contributed by atoms with E-state index in [2.05, 4.69) is 19.2 Å². The first-order valence-corrected chi connectivity index (χ1v) is 7.30. The van der Waals surface area contributed by atoms with Gasteiger partial charge in [-0.2, -0.15) is 0 Å². The highest BCUT2D eigenvalue weighted by Crippen LogP contribution is 2.32. The van der Waals surface area contributed by atoms with E-state index in [-0.39, 0.29) is 23.1 Å². The normalized spacial score (nSPS) is 22.3. The summed E-state index contributed by atoms with van der Waals surface area (Å²) in [6.07, 6.45) is 2.07. The molecular formula is C16H24FNO2. The number of benzene rings is 1. The topological polar surface area (TPSA) is 30.5 Å². The monoisotopic (exact) mass is 281 g/mol. The van der Waals surface area contributed by atoms with Crippen molar-refractivity contribution >= 4 is 0 Å². The van der Waals surface area contributed by atoms with E-state index in [9.17, 15) is 4.39 Å². The van der Waals surface area contributed by atoms with Crippen LogP contribution in [0.3, 0.4) is 0 Å². The molecule has 0 radical (unpaired) electrons. The minimum atomic E-state index is -0.338. The number of rotatable bonds is 4. The number of halogens is 1. The molecular weight excluding hydrogens is 257 g/mol. The lowest BCUT2D eigenvalue weighted by molar-refractivity contribution is 0.0101. The summed E-state index contributed by atoms with van der Waals surface area (Å²) in [5.74, 6) is -0.0677. The SMILES string of the molecule is CCC1(CC)CNCC(c2ccc(OC)c(F)c2)OC1. The molecule has 0 saturated carbocycles. The van der Waals surface area contributed by atoms with Crippen molar-refractivity contribution in [1.29, 1.82) is 0 Å². The van der Waals surface area contributed by atoms with Gasteiger partial charge in [0.1, 0.15) is 0 Å². The summed E-state index contributed by atoms with van der Waals surface area (Å²) in [4.78, 5) is 0. The van der Waals surface area contributed by atoms with E-state index in [4.69, 9.17) is 9.47 Å². The highest BCUT2D eigenvalue weighted by atomic mass is 19.1. The van der Waals surface area contributed by atoms with E-state index >= 15 is 0 Å². The Morgan fingerprint density at radius 1 is 1.40 bits per heavy atom. The maximum Gasteiger partial charge on any atom is 0.165 e. The summed E-state index contributed by atoms with van der Waals surface area (Å²) in [6.45, 7) is 6.78. The number of methoxy groups -OCH3 is 1. The van der Waals surface area contributed by atoms with Gasteiger partial charge in [0.2, 0.25) is 0 Å². The van der Waals surface area contributed by atoms with Gasteiger partial charge in [0.05, 0.1) is 19.8 Å². The molecule has 0 aromatic heterocycles. The molecule has 20 heavy (non-hydrogen) atoms. The van der Waals surface area contributed by atoms with Crippen molar-refractivity contribution in [2.45, 2.75) is 32.8 Å². The molecule has 2 rings (SSSR count). The quantitative estimate of drug-likeness (QED) is 0.918. The van der Waals surface area contributed by atoms with Crippen LogP contribution < -0.4 is 10.1 Å². The van der Waals surface area contributed by atoms with Crippen LogP contribution in [0.2, 0.25) is 0 Å². The van der Waals surface area contributed by atoms with Crippen LogP contribution in [0, 0.1) is 11.2 Å². The molecule has 3 nitrogen and oxygen atoms in total. The summed E-state index contributed by atoms with van der Waals surface area (Å²) >= 11 is 0. The second-order valence-electron chi connectivity index (χ2n) is 5.53. The van der Waals surface area contributed by atoms with Crippen molar-refractivity contribution in [2.75, 3.05) is 26.8 Å².